The van der Waals surface area contributed by atoms with Crippen LogP contribution in [0.15, 0.2) is 24.3 Å². The minimum absolute atomic E-state index is 0.576. The number of aromatic nitrogens is 2. The zero-order valence-corrected chi connectivity index (χ0v) is 11.8. The molecule has 2 rings (SSSR count). The quantitative estimate of drug-likeness (QED) is 0.919. The molecule has 0 spiro atoms. The monoisotopic (exact) mass is 263 g/mol. The van der Waals surface area contributed by atoms with Gasteiger partial charge < -0.3 is 9.88 Å². The molecule has 1 aromatic carbocycles. The van der Waals surface area contributed by atoms with Crippen LogP contribution in [0.25, 0.3) is 11.3 Å². The van der Waals surface area contributed by atoms with Gasteiger partial charge in [0.05, 0.1) is 5.69 Å². The summed E-state index contributed by atoms with van der Waals surface area (Å²) in [5.41, 5.74) is 3.34. The van der Waals surface area contributed by atoms with Crippen LogP contribution in [0.4, 0.5) is 0 Å². The molecule has 1 N–H and O–H groups in total. The summed E-state index contributed by atoms with van der Waals surface area (Å²) in [5, 5.41) is 3.70. The molecule has 0 aliphatic carbocycles. The van der Waals surface area contributed by atoms with Crippen LogP contribution in [0.3, 0.4) is 0 Å². The minimum Gasteiger partial charge on any atom is -0.330 e. The SMILES string of the molecule is CNCCc1nc(Cl)c(-c2ccc(C)cc2)n1C. The van der Waals surface area contributed by atoms with Crippen molar-refractivity contribution in [2.45, 2.75) is 13.3 Å². The van der Waals surface area contributed by atoms with Gasteiger partial charge in [0.25, 0.3) is 0 Å². The first-order valence-electron chi connectivity index (χ1n) is 6.06. The molecule has 0 bridgehead atoms. The van der Waals surface area contributed by atoms with Crippen molar-refractivity contribution in [1.29, 1.82) is 0 Å². The number of benzene rings is 1. The lowest BCUT2D eigenvalue weighted by atomic mass is 10.1. The Balaban J connectivity index is 2.38. The topological polar surface area (TPSA) is 29.9 Å². The third-order valence-electron chi connectivity index (χ3n) is 3.07. The summed E-state index contributed by atoms with van der Waals surface area (Å²) < 4.78 is 2.07. The van der Waals surface area contributed by atoms with Crippen molar-refractivity contribution in [2.24, 2.45) is 7.05 Å². The van der Waals surface area contributed by atoms with E-state index in [-0.39, 0.29) is 0 Å². The van der Waals surface area contributed by atoms with E-state index in [0.29, 0.717) is 5.15 Å². The van der Waals surface area contributed by atoms with Crippen molar-refractivity contribution in [3.63, 3.8) is 0 Å². The molecule has 1 heterocycles. The van der Waals surface area contributed by atoms with Gasteiger partial charge in [0.2, 0.25) is 0 Å². The summed E-state index contributed by atoms with van der Waals surface area (Å²) >= 11 is 6.25. The fourth-order valence-corrected chi connectivity index (χ4v) is 2.33. The number of nitrogens with one attached hydrogen (secondary N) is 1. The zero-order chi connectivity index (χ0) is 13.1. The van der Waals surface area contributed by atoms with Crippen LogP contribution in [0, 0.1) is 6.92 Å². The van der Waals surface area contributed by atoms with Crippen molar-refractivity contribution < 1.29 is 0 Å². The first-order valence-corrected chi connectivity index (χ1v) is 6.44. The first kappa shape index (κ1) is 13.1. The molecular formula is C14H18ClN3. The number of hydrogen-bond donors (Lipinski definition) is 1. The molecule has 0 aliphatic heterocycles. The smallest absolute Gasteiger partial charge is 0.155 e. The molecule has 3 nitrogen and oxygen atoms in total. The lowest BCUT2D eigenvalue weighted by molar-refractivity contribution is 0.720. The van der Waals surface area contributed by atoms with Crippen LogP contribution in [0.1, 0.15) is 11.4 Å². The number of rotatable bonds is 4. The summed E-state index contributed by atoms with van der Waals surface area (Å²) in [7, 11) is 3.95. The summed E-state index contributed by atoms with van der Waals surface area (Å²) in [5.74, 6) is 1.00. The van der Waals surface area contributed by atoms with Gasteiger partial charge in [0, 0.05) is 25.6 Å². The lowest BCUT2D eigenvalue weighted by Gasteiger charge is -2.06. The predicted octanol–water partition coefficient (Wildman–Crippen LogP) is 2.81. The van der Waals surface area contributed by atoms with Crippen LogP contribution < -0.4 is 5.32 Å². The van der Waals surface area contributed by atoms with E-state index in [1.165, 1.54) is 5.56 Å². The van der Waals surface area contributed by atoms with Crippen LogP contribution >= 0.6 is 11.6 Å². The predicted molar refractivity (Wildman–Crippen MR) is 76.0 cm³/mol. The molecule has 2 aromatic rings. The molecule has 4 heteroatoms. The molecule has 18 heavy (non-hydrogen) atoms. The fourth-order valence-electron chi connectivity index (χ4n) is 1.99. The number of hydrogen-bond acceptors (Lipinski definition) is 2. The molecule has 0 atom stereocenters. The molecule has 0 saturated carbocycles. The van der Waals surface area contributed by atoms with Crippen molar-refractivity contribution in [3.05, 3.63) is 40.8 Å². The molecule has 0 fully saturated rings. The number of nitrogens with zero attached hydrogens (tertiary/aromatic N) is 2. The molecular weight excluding hydrogens is 246 g/mol. The zero-order valence-electron chi connectivity index (χ0n) is 11.0. The van der Waals surface area contributed by atoms with E-state index in [4.69, 9.17) is 11.6 Å². The van der Waals surface area contributed by atoms with Gasteiger partial charge in [-0.15, -0.1) is 0 Å². The van der Waals surface area contributed by atoms with E-state index in [9.17, 15) is 0 Å². The number of halogens is 1. The summed E-state index contributed by atoms with van der Waals surface area (Å²) in [4.78, 5) is 4.43. The van der Waals surface area contributed by atoms with Crippen molar-refractivity contribution in [1.82, 2.24) is 14.9 Å². The number of likely N-dealkylation sites (N-methyl/N-ethyl adjacent to an activating group) is 1. The van der Waals surface area contributed by atoms with Gasteiger partial charge in [-0.05, 0) is 14.0 Å². The van der Waals surface area contributed by atoms with E-state index in [2.05, 4.69) is 46.1 Å². The standard InChI is InChI=1S/C14H18ClN3/c1-10-4-6-11(7-5-10)13-14(15)17-12(18(13)3)8-9-16-2/h4-7,16H,8-9H2,1-3H3. The van der Waals surface area contributed by atoms with E-state index in [1.54, 1.807) is 0 Å². The average molecular weight is 264 g/mol. The third-order valence-corrected chi connectivity index (χ3v) is 3.33. The first-order chi connectivity index (χ1) is 8.63. The Labute approximate surface area is 113 Å². The normalized spacial score (nSPS) is 10.9. The Morgan fingerprint density at radius 3 is 2.56 bits per heavy atom. The number of aryl methyl sites for hydroxylation is 1. The van der Waals surface area contributed by atoms with Crippen LogP contribution in [-0.4, -0.2) is 23.1 Å². The van der Waals surface area contributed by atoms with Crippen molar-refractivity contribution >= 4 is 11.6 Å². The van der Waals surface area contributed by atoms with Gasteiger partial charge in [0.15, 0.2) is 5.15 Å². The molecule has 0 saturated heterocycles. The van der Waals surface area contributed by atoms with Gasteiger partial charge in [-0.1, -0.05) is 41.4 Å². The Kier molecular flexibility index (Phi) is 4.04. The van der Waals surface area contributed by atoms with E-state index >= 15 is 0 Å². The van der Waals surface area contributed by atoms with Gasteiger partial charge in [0.1, 0.15) is 5.82 Å². The Morgan fingerprint density at radius 1 is 1.28 bits per heavy atom. The highest BCUT2D eigenvalue weighted by atomic mass is 35.5. The highest BCUT2D eigenvalue weighted by molar-refractivity contribution is 6.32. The van der Waals surface area contributed by atoms with Gasteiger partial charge in [-0.3, -0.25) is 0 Å². The highest BCUT2D eigenvalue weighted by Crippen LogP contribution is 2.28. The maximum Gasteiger partial charge on any atom is 0.155 e. The lowest BCUT2D eigenvalue weighted by Crippen LogP contribution is -2.13. The van der Waals surface area contributed by atoms with Gasteiger partial charge >= 0.3 is 0 Å². The Hall–Kier alpha value is -1.32. The second-order valence-corrected chi connectivity index (χ2v) is 4.80. The molecule has 0 amide bonds. The van der Waals surface area contributed by atoms with Gasteiger partial charge in [-0.2, -0.15) is 0 Å². The van der Waals surface area contributed by atoms with Crippen molar-refractivity contribution in [3.8, 4) is 11.3 Å². The average Bonchev–Trinajstić information content (AvgIpc) is 2.63. The maximum absolute atomic E-state index is 6.25. The summed E-state index contributed by atoms with van der Waals surface area (Å²) in [6.45, 7) is 2.97. The second kappa shape index (κ2) is 5.55. The van der Waals surface area contributed by atoms with Crippen LogP contribution in [0.5, 0.6) is 0 Å². The Morgan fingerprint density at radius 2 is 1.94 bits per heavy atom. The minimum atomic E-state index is 0.576. The third kappa shape index (κ3) is 2.57. The van der Waals surface area contributed by atoms with Crippen molar-refractivity contribution in [2.75, 3.05) is 13.6 Å². The molecule has 0 radical (unpaired) electrons. The van der Waals surface area contributed by atoms with Crippen LogP contribution in [0.2, 0.25) is 5.15 Å². The molecule has 0 unspecified atom stereocenters. The largest absolute Gasteiger partial charge is 0.330 e. The molecule has 0 aliphatic rings. The van der Waals surface area contributed by atoms with E-state index in [0.717, 1.165) is 30.0 Å². The molecule has 96 valence electrons. The molecule has 1 aromatic heterocycles. The maximum atomic E-state index is 6.25. The number of imidazole rings is 1. The summed E-state index contributed by atoms with van der Waals surface area (Å²) in [6.07, 6.45) is 0.874. The fraction of sp³-hybridized carbons (Fsp3) is 0.357. The van der Waals surface area contributed by atoms with Crippen LogP contribution in [-0.2, 0) is 13.5 Å². The van der Waals surface area contributed by atoms with E-state index in [1.807, 2.05) is 14.1 Å². The summed E-state index contributed by atoms with van der Waals surface area (Å²) in [6, 6.07) is 8.35. The second-order valence-electron chi connectivity index (χ2n) is 4.45. The highest BCUT2D eigenvalue weighted by Gasteiger charge is 2.14. The van der Waals surface area contributed by atoms with E-state index < -0.39 is 0 Å². The Bertz CT molecular complexity index is 529. The van der Waals surface area contributed by atoms with Gasteiger partial charge in [-0.25, -0.2) is 4.98 Å².